The van der Waals surface area contributed by atoms with Gasteiger partial charge in [-0.25, -0.2) is 26.3 Å². The molecule has 0 amide bonds. The Balaban J connectivity index is 3.03. The Kier molecular flexibility index (Phi) is 4.97. The maximum absolute atomic E-state index is 12.0. The van der Waals surface area contributed by atoms with Crippen molar-refractivity contribution >= 4 is 31.4 Å². The number of nitrogens with one attached hydrogen (secondary N) is 1. The number of primary sulfonamides is 1. The van der Waals surface area contributed by atoms with E-state index in [-0.39, 0.29) is 22.9 Å². The Labute approximate surface area is 118 Å². The van der Waals surface area contributed by atoms with Crippen LogP contribution in [0.1, 0.15) is 0 Å². The minimum atomic E-state index is -3.66. The lowest BCUT2D eigenvalue weighted by Crippen LogP contribution is -2.24. The summed E-state index contributed by atoms with van der Waals surface area (Å²) < 4.78 is 46.8. The third kappa shape index (κ3) is 4.07. The van der Waals surface area contributed by atoms with E-state index in [1.165, 1.54) is 26.2 Å². The molecular formula is C10H18N4O4S2. The van der Waals surface area contributed by atoms with Crippen molar-refractivity contribution in [1.82, 2.24) is 4.31 Å². The third-order valence-electron chi connectivity index (χ3n) is 2.53. The minimum absolute atomic E-state index is 0.0362. The fourth-order valence-electron chi connectivity index (χ4n) is 1.45. The first-order valence-corrected chi connectivity index (χ1v) is 8.76. The van der Waals surface area contributed by atoms with Gasteiger partial charge in [0.05, 0.1) is 17.1 Å². The Morgan fingerprint density at radius 3 is 2.30 bits per heavy atom. The van der Waals surface area contributed by atoms with Crippen LogP contribution in [-0.2, 0) is 20.0 Å². The van der Waals surface area contributed by atoms with Gasteiger partial charge in [0.15, 0.2) is 0 Å². The van der Waals surface area contributed by atoms with Gasteiger partial charge in [-0.2, -0.15) is 0 Å². The van der Waals surface area contributed by atoms with Crippen LogP contribution in [0, 0.1) is 0 Å². The van der Waals surface area contributed by atoms with Gasteiger partial charge in [-0.3, -0.25) is 0 Å². The summed E-state index contributed by atoms with van der Waals surface area (Å²) in [4.78, 5) is -0.0388. The van der Waals surface area contributed by atoms with Crippen molar-refractivity contribution in [3.05, 3.63) is 18.2 Å². The molecule has 0 fully saturated rings. The van der Waals surface area contributed by atoms with E-state index >= 15 is 0 Å². The van der Waals surface area contributed by atoms with Gasteiger partial charge >= 0.3 is 0 Å². The largest absolute Gasteiger partial charge is 0.396 e. The van der Waals surface area contributed by atoms with Crippen molar-refractivity contribution in [3.63, 3.8) is 0 Å². The number of nitrogens with two attached hydrogens (primary N) is 2. The van der Waals surface area contributed by atoms with Crippen molar-refractivity contribution in [1.29, 1.82) is 0 Å². The van der Waals surface area contributed by atoms with Crippen LogP contribution < -0.4 is 16.2 Å². The summed E-state index contributed by atoms with van der Waals surface area (Å²) in [6.07, 6.45) is 0. The van der Waals surface area contributed by atoms with Gasteiger partial charge in [-0.15, -0.1) is 0 Å². The van der Waals surface area contributed by atoms with Gasteiger partial charge in [0.25, 0.3) is 0 Å². The van der Waals surface area contributed by atoms with Crippen molar-refractivity contribution in [2.75, 3.05) is 37.4 Å². The van der Waals surface area contributed by atoms with E-state index in [0.29, 0.717) is 5.69 Å². The Morgan fingerprint density at radius 1 is 1.20 bits per heavy atom. The topological polar surface area (TPSA) is 136 Å². The van der Waals surface area contributed by atoms with Gasteiger partial charge in [0.2, 0.25) is 20.0 Å². The van der Waals surface area contributed by atoms with Crippen molar-refractivity contribution in [2.24, 2.45) is 5.14 Å². The van der Waals surface area contributed by atoms with Crippen LogP contribution in [0.4, 0.5) is 11.4 Å². The first-order valence-electron chi connectivity index (χ1n) is 5.61. The summed E-state index contributed by atoms with van der Waals surface area (Å²) in [5.74, 6) is -0.281. The maximum Gasteiger partial charge on any atom is 0.244 e. The lowest BCUT2D eigenvalue weighted by Gasteiger charge is -2.16. The number of nitrogen functional groups attached to an aromatic ring is 1. The number of para-hydroxylation sites is 1. The molecule has 8 nitrogen and oxygen atoms in total. The molecule has 1 aromatic rings. The molecule has 0 aliphatic carbocycles. The average molecular weight is 322 g/mol. The smallest absolute Gasteiger partial charge is 0.244 e. The van der Waals surface area contributed by atoms with Crippen LogP contribution in [0.15, 0.2) is 23.1 Å². The van der Waals surface area contributed by atoms with E-state index in [1.54, 1.807) is 6.07 Å². The maximum atomic E-state index is 12.0. The van der Waals surface area contributed by atoms with Gasteiger partial charge in [-0.1, -0.05) is 6.07 Å². The predicted octanol–water partition coefficient (Wildman–Crippen LogP) is -0.780. The highest BCUT2D eigenvalue weighted by Crippen LogP contribution is 2.27. The molecule has 0 aromatic heterocycles. The average Bonchev–Trinajstić information content (AvgIpc) is 2.29. The summed E-state index contributed by atoms with van der Waals surface area (Å²) in [5, 5.41) is 7.63. The van der Waals surface area contributed by atoms with Crippen LogP contribution in [-0.4, -0.2) is 47.5 Å². The second-order valence-corrected chi connectivity index (χ2v) is 8.15. The van der Waals surface area contributed by atoms with E-state index in [9.17, 15) is 16.8 Å². The van der Waals surface area contributed by atoms with Crippen LogP contribution in [0.3, 0.4) is 0 Å². The van der Waals surface area contributed by atoms with Crippen molar-refractivity contribution in [2.45, 2.75) is 4.90 Å². The highest BCUT2D eigenvalue weighted by atomic mass is 32.2. The number of sulfonamides is 2. The molecule has 0 bridgehead atoms. The third-order valence-corrected chi connectivity index (χ3v) is 5.17. The normalized spacial score (nSPS) is 12.6. The van der Waals surface area contributed by atoms with E-state index in [2.05, 4.69) is 5.32 Å². The molecule has 0 unspecified atom stereocenters. The fourth-order valence-corrected chi connectivity index (χ4v) is 2.87. The number of nitrogens with zero attached hydrogens (tertiary/aromatic N) is 1. The lowest BCUT2D eigenvalue weighted by molar-refractivity contribution is 0.521. The van der Waals surface area contributed by atoms with Gasteiger partial charge < -0.3 is 11.1 Å². The lowest BCUT2D eigenvalue weighted by atomic mass is 10.2. The van der Waals surface area contributed by atoms with E-state index in [0.717, 1.165) is 4.31 Å². The Bertz CT molecular complexity index is 683. The second kappa shape index (κ2) is 5.95. The second-order valence-electron chi connectivity index (χ2n) is 4.30. The Hall–Kier alpha value is -1.36. The van der Waals surface area contributed by atoms with Gasteiger partial charge in [-0.05, 0) is 12.1 Å². The van der Waals surface area contributed by atoms with Gasteiger partial charge in [0, 0.05) is 20.6 Å². The monoisotopic (exact) mass is 322 g/mol. The minimum Gasteiger partial charge on any atom is -0.396 e. The van der Waals surface area contributed by atoms with E-state index in [4.69, 9.17) is 10.9 Å². The highest BCUT2D eigenvalue weighted by molar-refractivity contribution is 7.89. The Morgan fingerprint density at radius 2 is 1.80 bits per heavy atom. The summed E-state index contributed by atoms with van der Waals surface area (Å²) in [7, 11) is -4.45. The summed E-state index contributed by atoms with van der Waals surface area (Å²) >= 11 is 0. The molecule has 0 aliphatic rings. The molecule has 0 radical (unpaired) electrons. The molecule has 0 heterocycles. The summed E-state index contributed by atoms with van der Waals surface area (Å²) in [6, 6.07) is 4.47. The molecule has 0 atom stereocenters. The zero-order valence-corrected chi connectivity index (χ0v) is 12.8. The van der Waals surface area contributed by atoms with Crippen LogP contribution in [0.2, 0.25) is 0 Å². The number of hydrogen-bond donors (Lipinski definition) is 3. The van der Waals surface area contributed by atoms with Crippen molar-refractivity contribution < 1.29 is 16.8 Å². The molecule has 10 heteroatoms. The molecule has 0 saturated carbocycles. The quantitative estimate of drug-likeness (QED) is 0.588. The van der Waals surface area contributed by atoms with Crippen LogP contribution in [0.25, 0.3) is 0 Å². The summed E-state index contributed by atoms with van der Waals surface area (Å²) in [5.41, 5.74) is 6.19. The molecule has 0 aliphatic heterocycles. The molecule has 1 aromatic carbocycles. The first kappa shape index (κ1) is 16.7. The SMILES string of the molecule is CN(C)S(=O)(=O)c1cccc(NCCS(N)(=O)=O)c1N. The van der Waals surface area contributed by atoms with E-state index in [1.807, 2.05) is 0 Å². The zero-order valence-electron chi connectivity index (χ0n) is 11.2. The highest BCUT2D eigenvalue weighted by Gasteiger charge is 2.21. The summed E-state index contributed by atoms with van der Waals surface area (Å²) in [6.45, 7) is 0.0362. The molecule has 1 rings (SSSR count). The first-order chi connectivity index (χ1) is 9.05. The number of hydrogen-bond acceptors (Lipinski definition) is 6. The molecule has 114 valence electrons. The molecule has 5 N–H and O–H groups in total. The number of rotatable bonds is 6. The fraction of sp³-hybridized carbons (Fsp3) is 0.400. The number of benzene rings is 1. The molecule has 0 saturated heterocycles. The standard InChI is InChI=1S/C10H18N4O4S2/c1-14(2)20(17,18)9-5-3-4-8(10(9)11)13-6-7-19(12,15)16/h3-5,13H,6-7,11H2,1-2H3,(H2,12,15,16). The number of anilines is 2. The van der Waals surface area contributed by atoms with E-state index < -0.39 is 20.0 Å². The van der Waals surface area contributed by atoms with Crippen LogP contribution in [0.5, 0.6) is 0 Å². The van der Waals surface area contributed by atoms with Crippen LogP contribution >= 0.6 is 0 Å². The molecule has 0 spiro atoms. The predicted molar refractivity (Wildman–Crippen MR) is 78.2 cm³/mol. The molecular weight excluding hydrogens is 304 g/mol. The van der Waals surface area contributed by atoms with Crippen molar-refractivity contribution in [3.8, 4) is 0 Å². The zero-order chi connectivity index (χ0) is 15.6. The van der Waals surface area contributed by atoms with Gasteiger partial charge in [0.1, 0.15) is 4.90 Å². The molecule has 20 heavy (non-hydrogen) atoms.